The van der Waals surface area contributed by atoms with Crippen molar-refractivity contribution in [2.45, 2.75) is 38.8 Å². The zero-order valence-electron chi connectivity index (χ0n) is 10.8. The van der Waals surface area contributed by atoms with Gasteiger partial charge in [0.1, 0.15) is 6.04 Å². The molecule has 1 aliphatic heterocycles. The van der Waals surface area contributed by atoms with Crippen molar-refractivity contribution in [3.63, 3.8) is 0 Å². The largest absolute Gasteiger partial charge is 0.480 e. The lowest BCUT2D eigenvalue weighted by atomic mass is 10.00. The standard InChI is InChI=1S/C13H20N2O3/c1-13(2)7-5-15(10(8(7)13)12(17)18)11(16)9(14)6-3-4-6/h6-10H,3-5,14H2,1-2H3,(H,17,18)/t7-,8-,9-,10-/m0/s1. The van der Waals surface area contributed by atoms with Crippen molar-refractivity contribution in [1.29, 1.82) is 0 Å². The van der Waals surface area contributed by atoms with Gasteiger partial charge in [0.2, 0.25) is 5.91 Å². The molecular weight excluding hydrogens is 232 g/mol. The second-order valence-corrected chi connectivity index (χ2v) is 6.59. The molecule has 0 spiro atoms. The second-order valence-electron chi connectivity index (χ2n) is 6.59. The summed E-state index contributed by atoms with van der Waals surface area (Å²) in [5.41, 5.74) is 5.97. The van der Waals surface area contributed by atoms with Gasteiger partial charge < -0.3 is 15.7 Å². The van der Waals surface area contributed by atoms with E-state index >= 15 is 0 Å². The van der Waals surface area contributed by atoms with Gasteiger partial charge >= 0.3 is 5.97 Å². The Bertz CT molecular complexity index is 416. The van der Waals surface area contributed by atoms with Crippen LogP contribution in [0.4, 0.5) is 0 Å². The fourth-order valence-electron chi connectivity index (χ4n) is 3.64. The number of rotatable bonds is 3. The van der Waals surface area contributed by atoms with Gasteiger partial charge in [0, 0.05) is 12.5 Å². The highest BCUT2D eigenvalue weighted by molar-refractivity contribution is 5.89. The Morgan fingerprint density at radius 2 is 2.00 bits per heavy atom. The molecule has 4 atom stereocenters. The van der Waals surface area contributed by atoms with E-state index in [0.29, 0.717) is 12.5 Å². The average Bonchev–Trinajstić information content (AvgIpc) is 3.15. The third-order valence-corrected chi connectivity index (χ3v) is 5.16. The van der Waals surface area contributed by atoms with E-state index in [1.807, 2.05) is 0 Å². The van der Waals surface area contributed by atoms with Gasteiger partial charge in [0.05, 0.1) is 6.04 Å². The molecule has 0 bridgehead atoms. The van der Waals surface area contributed by atoms with Gasteiger partial charge in [0.25, 0.3) is 0 Å². The molecule has 0 radical (unpaired) electrons. The van der Waals surface area contributed by atoms with Crippen molar-refractivity contribution in [1.82, 2.24) is 4.90 Å². The molecule has 5 heteroatoms. The Kier molecular flexibility index (Phi) is 2.31. The molecule has 3 rings (SSSR count). The molecule has 3 fully saturated rings. The van der Waals surface area contributed by atoms with Gasteiger partial charge in [-0.1, -0.05) is 13.8 Å². The zero-order chi connectivity index (χ0) is 13.2. The number of fused-ring (bicyclic) bond motifs is 1. The van der Waals surface area contributed by atoms with Crippen LogP contribution < -0.4 is 5.73 Å². The topological polar surface area (TPSA) is 83.6 Å². The molecule has 1 heterocycles. The first-order chi connectivity index (χ1) is 8.35. The third kappa shape index (κ3) is 1.49. The van der Waals surface area contributed by atoms with E-state index in [9.17, 15) is 14.7 Å². The summed E-state index contributed by atoms with van der Waals surface area (Å²) in [5, 5.41) is 9.36. The van der Waals surface area contributed by atoms with Gasteiger partial charge in [-0.05, 0) is 30.1 Å². The van der Waals surface area contributed by atoms with Crippen LogP contribution in [-0.2, 0) is 9.59 Å². The highest BCUT2D eigenvalue weighted by atomic mass is 16.4. The number of carbonyl (C=O) groups excluding carboxylic acids is 1. The monoisotopic (exact) mass is 252 g/mol. The van der Waals surface area contributed by atoms with E-state index in [0.717, 1.165) is 12.8 Å². The van der Waals surface area contributed by atoms with Gasteiger partial charge in [-0.15, -0.1) is 0 Å². The van der Waals surface area contributed by atoms with Crippen LogP contribution in [-0.4, -0.2) is 40.5 Å². The molecule has 0 aromatic carbocycles. The number of hydrogen-bond acceptors (Lipinski definition) is 3. The maximum Gasteiger partial charge on any atom is 0.326 e. The van der Waals surface area contributed by atoms with E-state index in [-0.39, 0.29) is 23.2 Å². The molecule has 0 aromatic rings. The Morgan fingerprint density at radius 1 is 1.39 bits per heavy atom. The van der Waals surface area contributed by atoms with Crippen molar-refractivity contribution in [2.24, 2.45) is 28.9 Å². The highest BCUT2D eigenvalue weighted by Crippen LogP contribution is 2.64. The quantitative estimate of drug-likeness (QED) is 0.756. The van der Waals surface area contributed by atoms with Gasteiger partial charge in [-0.3, -0.25) is 4.79 Å². The van der Waals surface area contributed by atoms with Crippen LogP contribution in [0.1, 0.15) is 26.7 Å². The lowest BCUT2D eigenvalue weighted by Gasteiger charge is -2.30. The normalized spacial score (nSPS) is 38.2. The summed E-state index contributed by atoms with van der Waals surface area (Å²) in [6.07, 6.45) is 1.99. The summed E-state index contributed by atoms with van der Waals surface area (Å²) in [5.74, 6) is -0.339. The minimum atomic E-state index is -0.885. The number of piperidine rings is 1. The van der Waals surface area contributed by atoms with Crippen LogP contribution in [0.15, 0.2) is 0 Å². The van der Waals surface area contributed by atoms with E-state index in [2.05, 4.69) is 13.8 Å². The minimum Gasteiger partial charge on any atom is -0.480 e. The van der Waals surface area contributed by atoms with E-state index in [1.165, 1.54) is 4.90 Å². The molecule has 1 saturated heterocycles. The lowest BCUT2D eigenvalue weighted by Crippen LogP contribution is -2.52. The highest BCUT2D eigenvalue weighted by Gasteiger charge is 2.69. The van der Waals surface area contributed by atoms with Crippen LogP contribution in [0.5, 0.6) is 0 Å². The van der Waals surface area contributed by atoms with Crippen LogP contribution in [0, 0.1) is 23.2 Å². The van der Waals surface area contributed by atoms with Crippen LogP contribution in [0.25, 0.3) is 0 Å². The number of carbonyl (C=O) groups is 2. The van der Waals surface area contributed by atoms with Crippen molar-refractivity contribution < 1.29 is 14.7 Å². The lowest BCUT2D eigenvalue weighted by molar-refractivity contribution is -0.151. The van der Waals surface area contributed by atoms with E-state index in [4.69, 9.17) is 5.73 Å². The van der Waals surface area contributed by atoms with Crippen LogP contribution >= 0.6 is 0 Å². The molecule has 0 aromatic heterocycles. The van der Waals surface area contributed by atoms with E-state index < -0.39 is 18.1 Å². The first-order valence-corrected chi connectivity index (χ1v) is 6.64. The average molecular weight is 252 g/mol. The van der Waals surface area contributed by atoms with Crippen molar-refractivity contribution in [3.05, 3.63) is 0 Å². The first kappa shape index (κ1) is 12.0. The van der Waals surface area contributed by atoms with E-state index in [1.54, 1.807) is 0 Å². The van der Waals surface area contributed by atoms with Crippen LogP contribution in [0.2, 0.25) is 0 Å². The maximum atomic E-state index is 12.3. The number of hydrogen-bond donors (Lipinski definition) is 2. The Hall–Kier alpha value is -1.10. The van der Waals surface area contributed by atoms with Crippen LogP contribution in [0.3, 0.4) is 0 Å². The van der Waals surface area contributed by atoms with Crippen molar-refractivity contribution in [3.8, 4) is 0 Å². The van der Waals surface area contributed by atoms with Gasteiger partial charge in [-0.25, -0.2) is 4.79 Å². The predicted octanol–water partition coefficient (Wildman–Crippen LogP) is 0.291. The second kappa shape index (κ2) is 3.47. The number of nitrogens with two attached hydrogens (primary N) is 1. The summed E-state index contributed by atoms with van der Waals surface area (Å²) >= 11 is 0. The van der Waals surface area contributed by atoms with Crippen molar-refractivity contribution in [2.75, 3.05) is 6.54 Å². The first-order valence-electron chi connectivity index (χ1n) is 6.64. The number of amides is 1. The number of aliphatic carboxylic acids is 1. The van der Waals surface area contributed by atoms with Gasteiger partial charge in [0.15, 0.2) is 0 Å². The summed E-state index contributed by atoms with van der Waals surface area (Å²) in [6, 6.07) is -1.16. The number of nitrogens with zero attached hydrogens (tertiary/aromatic N) is 1. The van der Waals surface area contributed by atoms with Gasteiger partial charge in [-0.2, -0.15) is 0 Å². The fourth-order valence-corrected chi connectivity index (χ4v) is 3.64. The molecule has 3 aliphatic rings. The summed E-state index contributed by atoms with van der Waals surface area (Å²) < 4.78 is 0. The molecule has 1 amide bonds. The molecule has 5 nitrogen and oxygen atoms in total. The molecule has 2 saturated carbocycles. The minimum absolute atomic E-state index is 0.0590. The summed E-state index contributed by atoms with van der Waals surface area (Å²) in [4.78, 5) is 25.2. The SMILES string of the molecule is CC1(C)[C@@H]2[C@@H](C(=O)O)N(C(=O)[C@@H](N)C3CC3)C[C@@H]21. The maximum absolute atomic E-state index is 12.3. The third-order valence-electron chi connectivity index (χ3n) is 5.16. The fraction of sp³-hybridized carbons (Fsp3) is 0.846. The number of likely N-dealkylation sites (tertiary alicyclic amines) is 1. The molecule has 100 valence electrons. The summed E-state index contributed by atoms with van der Waals surface area (Å²) in [6.45, 7) is 4.73. The molecular formula is C13H20N2O3. The summed E-state index contributed by atoms with van der Waals surface area (Å²) in [7, 11) is 0. The smallest absolute Gasteiger partial charge is 0.326 e. The Morgan fingerprint density at radius 3 is 2.50 bits per heavy atom. The number of carboxylic acids is 1. The molecule has 18 heavy (non-hydrogen) atoms. The molecule has 3 N–H and O–H groups in total. The Balaban J connectivity index is 1.77. The number of carboxylic acid groups (broad SMARTS) is 1. The Labute approximate surface area is 106 Å². The molecule has 0 unspecified atom stereocenters. The predicted molar refractivity (Wildman–Crippen MR) is 64.6 cm³/mol. The molecule has 2 aliphatic carbocycles. The zero-order valence-corrected chi connectivity index (χ0v) is 10.8. The van der Waals surface area contributed by atoms with Crippen molar-refractivity contribution >= 4 is 11.9 Å².